The van der Waals surface area contributed by atoms with Crippen molar-refractivity contribution in [2.45, 2.75) is 36.7 Å². The number of likely N-dealkylation sites (N-methyl/N-ethyl adjacent to an activating group) is 1. The van der Waals surface area contributed by atoms with Gasteiger partial charge in [-0.1, -0.05) is 48.5 Å². The molecule has 1 fully saturated rings. The van der Waals surface area contributed by atoms with Gasteiger partial charge in [0.1, 0.15) is 17.5 Å². The molecule has 0 aromatic heterocycles. The number of ether oxygens (including phenoxy) is 1. The third kappa shape index (κ3) is 6.36. The highest BCUT2D eigenvalue weighted by Gasteiger charge is 2.38. The van der Waals surface area contributed by atoms with E-state index in [1.165, 1.54) is 43.4 Å². The Balaban J connectivity index is 1.63. The SMILES string of the molecule is CNC(=O)C(N[C@H](CCc1ccc(C(F)(F)F)cc1)c1cccc(C2(O)COC2)c1)c1ccc(F)cc1. The molecule has 9 heteroatoms. The van der Waals surface area contributed by atoms with Gasteiger partial charge in [-0.3, -0.25) is 10.1 Å². The molecule has 1 aliphatic rings. The minimum atomic E-state index is -4.41. The summed E-state index contributed by atoms with van der Waals surface area (Å²) in [5, 5.41) is 16.7. The zero-order chi connectivity index (χ0) is 26.6. The number of rotatable bonds is 9. The summed E-state index contributed by atoms with van der Waals surface area (Å²) in [5.74, 6) is -0.754. The average Bonchev–Trinajstić information content (AvgIpc) is 2.87. The van der Waals surface area contributed by atoms with Crippen LogP contribution in [0.15, 0.2) is 72.8 Å². The van der Waals surface area contributed by atoms with Crippen LogP contribution in [0.4, 0.5) is 17.6 Å². The highest BCUT2D eigenvalue weighted by Crippen LogP contribution is 2.33. The topological polar surface area (TPSA) is 70.6 Å². The molecule has 1 aliphatic heterocycles. The van der Waals surface area contributed by atoms with E-state index in [0.29, 0.717) is 29.5 Å². The summed E-state index contributed by atoms with van der Waals surface area (Å²) in [6, 6.07) is 16.7. The second kappa shape index (κ2) is 11.0. The third-order valence-electron chi connectivity index (χ3n) is 6.59. The molecule has 0 bridgehead atoms. The number of nitrogens with one attached hydrogen (secondary N) is 2. The normalized spacial score (nSPS) is 16.5. The number of benzene rings is 3. The Hall–Kier alpha value is -3.27. The van der Waals surface area contributed by atoms with Gasteiger partial charge in [-0.15, -0.1) is 0 Å². The maximum absolute atomic E-state index is 13.5. The van der Waals surface area contributed by atoms with Gasteiger partial charge in [-0.05, 0) is 59.4 Å². The molecule has 0 spiro atoms. The van der Waals surface area contributed by atoms with Crippen LogP contribution in [0, 0.1) is 5.82 Å². The number of aryl methyl sites for hydroxylation is 1. The molecule has 196 valence electrons. The van der Waals surface area contributed by atoms with Gasteiger partial charge in [0.2, 0.25) is 5.91 Å². The average molecular weight is 517 g/mol. The number of halogens is 4. The van der Waals surface area contributed by atoms with Crippen molar-refractivity contribution in [2.24, 2.45) is 0 Å². The molecule has 1 saturated heterocycles. The fourth-order valence-corrected chi connectivity index (χ4v) is 4.35. The molecule has 1 amide bonds. The van der Waals surface area contributed by atoms with E-state index in [4.69, 9.17) is 4.74 Å². The zero-order valence-corrected chi connectivity index (χ0v) is 20.2. The number of carbonyl (C=O) groups is 1. The molecule has 4 rings (SSSR count). The van der Waals surface area contributed by atoms with Gasteiger partial charge in [-0.2, -0.15) is 13.2 Å². The number of hydrogen-bond acceptors (Lipinski definition) is 4. The molecule has 0 aliphatic carbocycles. The molecular weight excluding hydrogens is 488 g/mol. The maximum atomic E-state index is 13.5. The van der Waals surface area contributed by atoms with Gasteiger partial charge < -0.3 is 15.2 Å². The van der Waals surface area contributed by atoms with Crippen LogP contribution in [0.5, 0.6) is 0 Å². The van der Waals surface area contributed by atoms with Crippen molar-refractivity contribution in [3.63, 3.8) is 0 Å². The highest BCUT2D eigenvalue weighted by molar-refractivity contribution is 5.83. The Kier molecular flexibility index (Phi) is 7.96. The number of aliphatic hydroxyl groups is 1. The monoisotopic (exact) mass is 516 g/mol. The van der Waals surface area contributed by atoms with Gasteiger partial charge >= 0.3 is 6.18 Å². The van der Waals surface area contributed by atoms with E-state index in [2.05, 4.69) is 10.6 Å². The minimum absolute atomic E-state index is 0.177. The van der Waals surface area contributed by atoms with Gasteiger partial charge in [-0.25, -0.2) is 4.39 Å². The molecule has 3 aromatic carbocycles. The van der Waals surface area contributed by atoms with Crippen LogP contribution < -0.4 is 10.6 Å². The smallest absolute Gasteiger partial charge is 0.380 e. The number of amides is 1. The standard InChI is InChI=1S/C28H28F4N2O3/c1-33-26(35)25(19-8-12-23(29)13-9-19)34-24(14-7-18-5-10-21(11-6-18)28(30,31)32)20-3-2-4-22(15-20)27(36)16-37-17-27/h2-6,8-13,15,24-25,34,36H,7,14,16-17H2,1H3,(H,33,35)/t24-,25?/m1/s1. The maximum Gasteiger partial charge on any atom is 0.416 e. The first-order valence-corrected chi connectivity index (χ1v) is 11.9. The Morgan fingerprint density at radius 1 is 1.03 bits per heavy atom. The Labute approximate surface area is 212 Å². The fraction of sp³-hybridized carbons (Fsp3) is 0.321. The van der Waals surface area contributed by atoms with E-state index < -0.39 is 35.2 Å². The third-order valence-corrected chi connectivity index (χ3v) is 6.59. The largest absolute Gasteiger partial charge is 0.416 e. The van der Waals surface area contributed by atoms with Crippen molar-refractivity contribution in [3.05, 3.63) is 106 Å². The Morgan fingerprint density at radius 2 is 1.70 bits per heavy atom. The van der Waals surface area contributed by atoms with E-state index in [1.807, 2.05) is 12.1 Å². The van der Waals surface area contributed by atoms with Gasteiger partial charge in [0.25, 0.3) is 0 Å². The van der Waals surface area contributed by atoms with Gasteiger partial charge in [0.05, 0.1) is 18.8 Å². The summed E-state index contributed by atoms with van der Waals surface area (Å²) in [5.41, 5.74) is 0.926. The second-order valence-corrected chi connectivity index (χ2v) is 9.20. The lowest BCUT2D eigenvalue weighted by Crippen LogP contribution is -2.46. The number of carbonyl (C=O) groups excluding carboxylic acids is 1. The summed E-state index contributed by atoms with van der Waals surface area (Å²) in [6.45, 7) is 0.354. The molecule has 1 heterocycles. The fourth-order valence-electron chi connectivity index (χ4n) is 4.35. The van der Waals surface area contributed by atoms with Crippen molar-refractivity contribution in [3.8, 4) is 0 Å². The van der Waals surface area contributed by atoms with Crippen LogP contribution in [-0.4, -0.2) is 31.3 Å². The molecule has 0 saturated carbocycles. The first kappa shape index (κ1) is 26.8. The summed E-state index contributed by atoms with van der Waals surface area (Å²) in [7, 11) is 1.50. The lowest BCUT2D eigenvalue weighted by molar-refractivity contribution is -0.184. The predicted octanol–water partition coefficient (Wildman–Crippen LogP) is 4.81. The number of hydrogen-bond donors (Lipinski definition) is 3. The van der Waals surface area contributed by atoms with Gasteiger partial charge in [0, 0.05) is 13.1 Å². The van der Waals surface area contributed by atoms with Crippen LogP contribution in [0.3, 0.4) is 0 Å². The van der Waals surface area contributed by atoms with Crippen LogP contribution in [0.2, 0.25) is 0 Å². The van der Waals surface area contributed by atoms with Crippen molar-refractivity contribution in [1.29, 1.82) is 0 Å². The van der Waals surface area contributed by atoms with Gasteiger partial charge in [0.15, 0.2) is 0 Å². The first-order valence-electron chi connectivity index (χ1n) is 11.9. The Morgan fingerprint density at radius 3 is 2.27 bits per heavy atom. The van der Waals surface area contributed by atoms with Crippen LogP contribution in [0.25, 0.3) is 0 Å². The van der Waals surface area contributed by atoms with Crippen LogP contribution >= 0.6 is 0 Å². The Bertz CT molecular complexity index is 1210. The second-order valence-electron chi connectivity index (χ2n) is 9.20. The van der Waals surface area contributed by atoms with Crippen LogP contribution in [0.1, 0.15) is 46.3 Å². The number of alkyl halides is 3. The molecule has 3 aromatic rings. The van der Waals surface area contributed by atoms with Crippen molar-refractivity contribution >= 4 is 5.91 Å². The summed E-state index contributed by atoms with van der Waals surface area (Å²) in [6.07, 6.45) is -3.54. The zero-order valence-electron chi connectivity index (χ0n) is 20.2. The quantitative estimate of drug-likeness (QED) is 0.357. The minimum Gasteiger partial charge on any atom is -0.380 e. The molecule has 3 N–H and O–H groups in total. The van der Waals surface area contributed by atoms with E-state index >= 15 is 0 Å². The van der Waals surface area contributed by atoms with E-state index in [-0.39, 0.29) is 19.1 Å². The predicted molar refractivity (Wildman–Crippen MR) is 130 cm³/mol. The van der Waals surface area contributed by atoms with Crippen LogP contribution in [-0.2, 0) is 27.7 Å². The van der Waals surface area contributed by atoms with E-state index in [0.717, 1.165) is 17.7 Å². The summed E-state index contributed by atoms with van der Waals surface area (Å²) >= 11 is 0. The molecular formula is C28H28F4N2O3. The highest BCUT2D eigenvalue weighted by atomic mass is 19.4. The van der Waals surface area contributed by atoms with Crippen molar-refractivity contribution in [1.82, 2.24) is 10.6 Å². The summed E-state index contributed by atoms with van der Waals surface area (Å²) < 4.78 is 57.6. The lowest BCUT2D eigenvalue weighted by atomic mass is 9.88. The molecule has 5 nitrogen and oxygen atoms in total. The van der Waals surface area contributed by atoms with Crippen molar-refractivity contribution < 1.29 is 32.2 Å². The summed E-state index contributed by atoms with van der Waals surface area (Å²) in [4.78, 5) is 12.8. The van der Waals surface area contributed by atoms with Crippen molar-refractivity contribution in [2.75, 3.05) is 20.3 Å². The molecule has 37 heavy (non-hydrogen) atoms. The molecule has 1 unspecified atom stereocenters. The lowest BCUT2D eigenvalue weighted by Gasteiger charge is -2.37. The van der Waals surface area contributed by atoms with E-state index in [9.17, 15) is 27.5 Å². The first-order chi connectivity index (χ1) is 17.6. The molecule has 0 radical (unpaired) electrons. The molecule has 2 atom stereocenters. The van der Waals surface area contributed by atoms with E-state index in [1.54, 1.807) is 12.1 Å².